The molecule has 0 unspecified atom stereocenters. The molecule has 0 atom stereocenters. The van der Waals surface area contributed by atoms with Gasteiger partial charge >= 0.3 is 0 Å². The van der Waals surface area contributed by atoms with E-state index in [2.05, 4.69) is 10.3 Å². The summed E-state index contributed by atoms with van der Waals surface area (Å²) in [6.07, 6.45) is 2.14. The second-order valence-corrected chi connectivity index (χ2v) is 6.33. The first-order valence-electron chi connectivity index (χ1n) is 7.98. The van der Waals surface area contributed by atoms with Gasteiger partial charge in [0.15, 0.2) is 0 Å². The van der Waals surface area contributed by atoms with Gasteiger partial charge in [-0.2, -0.15) is 0 Å². The summed E-state index contributed by atoms with van der Waals surface area (Å²) in [6.45, 7) is 2.27. The molecule has 1 aromatic heterocycles. The van der Waals surface area contributed by atoms with Gasteiger partial charge in [-0.15, -0.1) is 0 Å². The second kappa shape index (κ2) is 9.40. The number of halogens is 2. The number of rotatable bonds is 7. The van der Waals surface area contributed by atoms with Gasteiger partial charge in [-0.25, -0.2) is 4.98 Å². The summed E-state index contributed by atoms with van der Waals surface area (Å²) in [7, 11) is 1.50. The first-order valence-corrected chi connectivity index (χ1v) is 8.74. The predicted molar refractivity (Wildman–Crippen MR) is 102 cm³/mol. The van der Waals surface area contributed by atoms with Crippen molar-refractivity contribution < 1.29 is 14.3 Å². The molecule has 0 aliphatic carbocycles. The molecule has 0 saturated carbocycles. The van der Waals surface area contributed by atoms with Crippen LogP contribution in [0.5, 0.6) is 5.88 Å². The van der Waals surface area contributed by atoms with Crippen LogP contribution in [0.3, 0.4) is 0 Å². The van der Waals surface area contributed by atoms with Crippen LogP contribution in [0.4, 0.5) is 5.69 Å². The Balaban J connectivity index is 2.08. The topological polar surface area (TPSA) is 71.5 Å². The summed E-state index contributed by atoms with van der Waals surface area (Å²) < 4.78 is 4.99. The van der Waals surface area contributed by atoms with Gasteiger partial charge in [0.2, 0.25) is 11.8 Å². The Bertz CT molecular complexity index is 782. The van der Waals surface area contributed by atoms with Crippen LogP contribution in [-0.4, -0.2) is 41.9 Å². The fourth-order valence-electron chi connectivity index (χ4n) is 2.29. The van der Waals surface area contributed by atoms with Crippen molar-refractivity contribution in [1.82, 2.24) is 9.88 Å². The molecule has 0 aliphatic heterocycles. The van der Waals surface area contributed by atoms with Crippen molar-refractivity contribution in [2.24, 2.45) is 0 Å². The number of nitrogens with one attached hydrogen (secondary N) is 1. The van der Waals surface area contributed by atoms with Crippen LogP contribution in [0.1, 0.15) is 23.7 Å². The van der Waals surface area contributed by atoms with Crippen LogP contribution in [-0.2, 0) is 4.79 Å². The minimum absolute atomic E-state index is 0.0995. The van der Waals surface area contributed by atoms with E-state index in [-0.39, 0.29) is 18.4 Å². The van der Waals surface area contributed by atoms with Gasteiger partial charge in [0.1, 0.15) is 6.54 Å². The molecule has 2 rings (SSSR count). The number of pyridine rings is 1. The fourth-order valence-corrected chi connectivity index (χ4v) is 2.74. The van der Waals surface area contributed by atoms with E-state index in [4.69, 9.17) is 27.9 Å². The molecule has 0 bridgehead atoms. The van der Waals surface area contributed by atoms with Crippen LogP contribution in [0, 0.1) is 0 Å². The lowest BCUT2D eigenvalue weighted by Gasteiger charge is -2.21. The van der Waals surface area contributed by atoms with E-state index in [1.807, 2.05) is 6.92 Å². The van der Waals surface area contributed by atoms with Crippen LogP contribution < -0.4 is 10.1 Å². The van der Waals surface area contributed by atoms with E-state index in [0.717, 1.165) is 0 Å². The summed E-state index contributed by atoms with van der Waals surface area (Å²) in [6, 6.07) is 8.00. The lowest BCUT2D eigenvalue weighted by molar-refractivity contribution is -0.116. The average molecular weight is 396 g/mol. The quantitative estimate of drug-likeness (QED) is 0.771. The molecular formula is C18H19Cl2N3O3. The number of hydrogen-bond donors (Lipinski definition) is 1. The fraction of sp³-hybridized carbons (Fsp3) is 0.278. The van der Waals surface area contributed by atoms with Crippen LogP contribution in [0.25, 0.3) is 0 Å². The Morgan fingerprint density at radius 2 is 2.00 bits per heavy atom. The number of ether oxygens (including phenoxy) is 1. The number of methoxy groups -OCH3 is 1. The third-order valence-electron chi connectivity index (χ3n) is 3.51. The Morgan fingerprint density at radius 3 is 2.58 bits per heavy atom. The summed E-state index contributed by atoms with van der Waals surface area (Å²) in [4.78, 5) is 30.5. The molecule has 1 aromatic carbocycles. The van der Waals surface area contributed by atoms with E-state index in [9.17, 15) is 9.59 Å². The first kappa shape index (κ1) is 20.0. The zero-order valence-corrected chi connectivity index (χ0v) is 16.0. The van der Waals surface area contributed by atoms with Gasteiger partial charge in [-0.3, -0.25) is 9.59 Å². The van der Waals surface area contributed by atoms with Gasteiger partial charge in [-0.1, -0.05) is 30.1 Å². The van der Waals surface area contributed by atoms with E-state index >= 15 is 0 Å². The standard InChI is InChI=1S/C18H19Cl2N3O3/c1-3-8-23(18(25)12-4-7-17(26-2)21-10-12)11-16(24)22-15-6-5-13(19)9-14(15)20/h4-7,9-10H,3,8,11H2,1-2H3,(H,22,24). The maximum Gasteiger partial charge on any atom is 0.255 e. The Kier molecular flexibility index (Phi) is 7.24. The predicted octanol–water partition coefficient (Wildman–Crippen LogP) is 3.89. The van der Waals surface area contributed by atoms with Crippen LogP contribution in [0.15, 0.2) is 36.5 Å². The zero-order valence-electron chi connectivity index (χ0n) is 14.5. The number of aromatic nitrogens is 1. The Hall–Kier alpha value is -2.31. The van der Waals surface area contributed by atoms with Crippen molar-refractivity contribution in [2.45, 2.75) is 13.3 Å². The lowest BCUT2D eigenvalue weighted by atomic mass is 10.2. The van der Waals surface area contributed by atoms with Crippen molar-refractivity contribution in [2.75, 3.05) is 25.5 Å². The molecule has 0 fully saturated rings. The second-order valence-electron chi connectivity index (χ2n) is 5.49. The SMILES string of the molecule is CCCN(CC(=O)Nc1ccc(Cl)cc1Cl)C(=O)c1ccc(OC)nc1. The highest BCUT2D eigenvalue weighted by molar-refractivity contribution is 6.36. The van der Waals surface area contributed by atoms with E-state index < -0.39 is 0 Å². The largest absolute Gasteiger partial charge is 0.481 e. The normalized spacial score (nSPS) is 10.3. The first-order chi connectivity index (χ1) is 12.4. The summed E-state index contributed by atoms with van der Waals surface area (Å²) >= 11 is 11.9. The molecule has 0 spiro atoms. The van der Waals surface area contributed by atoms with Gasteiger partial charge in [-0.05, 0) is 30.7 Å². The number of nitrogens with zero attached hydrogens (tertiary/aromatic N) is 2. The summed E-state index contributed by atoms with van der Waals surface area (Å²) in [5, 5.41) is 3.50. The number of hydrogen-bond acceptors (Lipinski definition) is 4. The molecule has 2 amide bonds. The Labute approximate surface area is 162 Å². The number of carbonyl (C=O) groups is 2. The number of amides is 2. The molecule has 0 radical (unpaired) electrons. The molecule has 2 aromatic rings. The summed E-state index contributed by atoms with van der Waals surface area (Å²) in [5.41, 5.74) is 0.827. The van der Waals surface area contributed by atoms with Crippen molar-refractivity contribution in [3.63, 3.8) is 0 Å². The third-order valence-corrected chi connectivity index (χ3v) is 4.06. The minimum Gasteiger partial charge on any atom is -0.481 e. The van der Waals surface area contributed by atoms with Gasteiger partial charge < -0.3 is 15.0 Å². The lowest BCUT2D eigenvalue weighted by Crippen LogP contribution is -2.38. The number of benzene rings is 1. The monoisotopic (exact) mass is 395 g/mol. The molecular weight excluding hydrogens is 377 g/mol. The highest BCUT2D eigenvalue weighted by Gasteiger charge is 2.19. The molecule has 1 heterocycles. The average Bonchev–Trinajstić information content (AvgIpc) is 2.63. The van der Waals surface area contributed by atoms with Gasteiger partial charge in [0, 0.05) is 23.8 Å². The molecule has 6 nitrogen and oxygen atoms in total. The van der Waals surface area contributed by atoms with Crippen molar-refractivity contribution in [3.8, 4) is 5.88 Å². The number of anilines is 1. The Morgan fingerprint density at radius 1 is 1.23 bits per heavy atom. The molecule has 1 N–H and O–H groups in total. The minimum atomic E-state index is -0.350. The van der Waals surface area contributed by atoms with E-state index in [1.165, 1.54) is 24.3 Å². The van der Waals surface area contributed by atoms with Gasteiger partial charge in [0.05, 0.1) is 23.4 Å². The van der Waals surface area contributed by atoms with Crippen molar-refractivity contribution >= 4 is 40.7 Å². The maximum atomic E-state index is 12.7. The molecule has 0 saturated heterocycles. The smallest absolute Gasteiger partial charge is 0.255 e. The highest BCUT2D eigenvalue weighted by atomic mass is 35.5. The van der Waals surface area contributed by atoms with Crippen LogP contribution >= 0.6 is 23.2 Å². The molecule has 0 aliphatic rings. The van der Waals surface area contributed by atoms with Crippen molar-refractivity contribution in [1.29, 1.82) is 0 Å². The van der Waals surface area contributed by atoms with Gasteiger partial charge in [0.25, 0.3) is 5.91 Å². The number of carbonyl (C=O) groups excluding carboxylic acids is 2. The van der Waals surface area contributed by atoms with Crippen molar-refractivity contribution in [3.05, 3.63) is 52.1 Å². The third kappa shape index (κ3) is 5.34. The van der Waals surface area contributed by atoms with Crippen LogP contribution in [0.2, 0.25) is 10.0 Å². The van der Waals surface area contributed by atoms with E-state index in [0.29, 0.717) is 40.1 Å². The molecule has 8 heteroatoms. The highest BCUT2D eigenvalue weighted by Crippen LogP contribution is 2.25. The zero-order chi connectivity index (χ0) is 19.1. The molecule has 26 heavy (non-hydrogen) atoms. The van der Waals surface area contributed by atoms with E-state index in [1.54, 1.807) is 24.3 Å². The maximum absolute atomic E-state index is 12.7. The molecule has 138 valence electrons. The summed E-state index contributed by atoms with van der Waals surface area (Å²) in [5.74, 6) is -0.212.